The Morgan fingerprint density at radius 1 is 1.53 bits per heavy atom. The van der Waals surface area contributed by atoms with Gasteiger partial charge in [0, 0.05) is 26.2 Å². The fourth-order valence-corrected chi connectivity index (χ4v) is 2.38. The van der Waals surface area contributed by atoms with Crippen molar-refractivity contribution >= 4 is 10.0 Å². The lowest BCUT2D eigenvalue weighted by atomic mass is 10.2. The molecule has 0 radical (unpaired) electrons. The first kappa shape index (κ1) is 13.7. The number of rotatable bonds is 6. The van der Waals surface area contributed by atoms with Gasteiger partial charge in [-0.15, -0.1) is 0 Å². The number of nitrogens with one attached hydrogen (secondary N) is 1. The molecule has 1 N–H and O–H groups in total. The molecule has 0 bridgehead atoms. The molecule has 6 nitrogen and oxygen atoms in total. The zero-order valence-electron chi connectivity index (χ0n) is 9.97. The van der Waals surface area contributed by atoms with Crippen molar-refractivity contribution in [3.8, 4) is 6.07 Å². The highest BCUT2D eigenvalue weighted by atomic mass is 32.2. The predicted octanol–water partition coefficient (Wildman–Crippen LogP) is 0.701. The molecule has 17 heavy (non-hydrogen) atoms. The summed E-state index contributed by atoms with van der Waals surface area (Å²) >= 11 is 0. The molecule has 0 spiro atoms. The van der Waals surface area contributed by atoms with Gasteiger partial charge in [-0.1, -0.05) is 0 Å². The summed E-state index contributed by atoms with van der Waals surface area (Å²) < 4.78 is 27.7. The van der Waals surface area contributed by atoms with E-state index in [1.807, 2.05) is 6.07 Å². The third-order valence-corrected chi connectivity index (χ3v) is 3.70. The zero-order chi connectivity index (χ0) is 12.9. The first-order valence-electron chi connectivity index (χ1n) is 5.34. The minimum Gasteiger partial charge on any atom is -0.337 e. The van der Waals surface area contributed by atoms with Crippen molar-refractivity contribution in [2.75, 3.05) is 6.54 Å². The highest BCUT2D eigenvalue weighted by molar-refractivity contribution is 7.89. The Bertz CT molecular complexity index is 493. The molecule has 94 valence electrons. The fourth-order valence-electron chi connectivity index (χ4n) is 1.27. The molecule has 0 amide bonds. The third kappa shape index (κ3) is 3.84. The summed E-state index contributed by atoms with van der Waals surface area (Å²) in [4.78, 5) is 3.96. The van der Waals surface area contributed by atoms with Crippen molar-refractivity contribution in [2.45, 2.75) is 31.2 Å². The molecule has 0 saturated carbocycles. The van der Waals surface area contributed by atoms with E-state index in [2.05, 4.69) is 9.71 Å². The van der Waals surface area contributed by atoms with Crippen LogP contribution in [0.1, 0.15) is 25.1 Å². The Morgan fingerprint density at radius 3 is 2.76 bits per heavy atom. The number of sulfonamides is 1. The van der Waals surface area contributed by atoms with Crippen LogP contribution in [0.15, 0.2) is 11.2 Å². The van der Waals surface area contributed by atoms with Gasteiger partial charge in [0.1, 0.15) is 5.82 Å². The van der Waals surface area contributed by atoms with Crippen molar-refractivity contribution in [3.63, 3.8) is 0 Å². The molecular weight excluding hydrogens is 240 g/mol. The summed E-state index contributed by atoms with van der Waals surface area (Å²) in [6.07, 6.45) is 3.27. The van der Waals surface area contributed by atoms with Crippen LogP contribution in [0.25, 0.3) is 0 Å². The Morgan fingerprint density at radius 2 is 2.24 bits per heavy atom. The topological polar surface area (TPSA) is 87.8 Å². The number of nitrogens with zero attached hydrogens (tertiary/aromatic N) is 3. The Labute approximate surface area is 101 Å². The smallest absolute Gasteiger partial charge is 0.259 e. The monoisotopic (exact) mass is 256 g/mol. The van der Waals surface area contributed by atoms with Gasteiger partial charge < -0.3 is 4.57 Å². The van der Waals surface area contributed by atoms with E-state index in [0.29, 0.717) is 31.6 Å². The Balaban J connectivity index is 2.55. The molecule has 1 aromatic rings. The lowest BCUT2D eigenvalue weighted by molar-refractivity contribution is 0.574. The number of hydrogen-bond acceptors (Lipinski definition) is 4. The molecule has 0 aliphatic rings. The lowest BCUT2D eigenvalue weighted by Gasteiger charge is -2.02. The number of aryl methyl sites for hydroxylation is 2. The summed E-state index contributed by atoms with van der Waals surface area (Å²) in [6.45, 7) is 2.07. The molecule has 0 aliphatic heterocycles. The summed E-state index contributed by atoms with van der Waals surface area (Å²) in [6, 6.07) is 2.01. The van der Waals surface area contributed by atoms with Crippen LogP contribution in [0.2, 0.25) is 0 Å². The van der Waals surface area contributed by atoms with Crippen LogP contribution in [0.5, 0.6) is 0 Å². The molecule has 7 heteroatoms. The van der Waals surface area contributed by atoms with E-state index < -0.39 is 10.0 Å². The van der Waals surface area contributed by atoms with Gasteiger partial charge >= 0.3 is 0 Å². The first-order valence-corrected chi connectivity index (χ1v) is 6.82. The van der Waals surface area contributed by atoms with Crippen LogP contribution in [-0.2, 0) is 17.1 Å². The largest absolute Gasteiger partial charge is 0.337 e. The molecular formula is C10H16N4O2S. The van der Waals surface area contributed by atoms with E-state index in [9.17, 15) is 8.42 Å². The van der Waals surface area contributed by atoms with Gasteiger partial charge in [0.25, 0.3) is 10.0 Å². The van der Waals surface area contributed by atoms with Gasteiger partial charge in [0.15, 0.2) is 5.03 Å². The van der Waals surface area contributed by atoms with Crippen LogP contribution in [0.3, 0.4) is 0 Å². The summed E-state index contributed by atoms with van der Waals surface area (Å²) in [5, 5.41) is 8.37. The van der Waals surface area contributed by atoms with Crippen molar-refractivity contribution in [1.82, 2.24) is 14.3 Å². The normalized spacial score (nSPS) is 11.4. The molecule has 0 aliphatic carbocycles. The van der Waals surface area contributed by atoms with Gasteiger partial charge in [0.05, 0.1) is 6.07 Å². The molecule has 0 unspecified atom stereocenters. The number of nitriles is 1. The van der Waals surface area contributed by atoms with Gasteiger partial charge in [-0.3, -0.25) is 0 Å². The number of imidazole rings is 1. The molecule has 1 heterocycles. The minimum absolute atomic E-state index is 0.0396. The van der Waals surface area contributed by atoms with Crippen LogP contribution < -0.4 is 4.72 Å². The second-order valence-electron chi connectivity index (χ2n) is 3.75. The number of hydrogen-bond donors (Lipinski definition) is 1. The molecule has 0 fully saturated rings. The highest BCUT2D eigenvalue weighted by Crippen LogP contribution is 2.07. The van der Waals surface area contributed by atoms with Gasteiger partial charge in [-0.25, -0.2) is 18.1 Å². The quantitative estimate of drug-likeness (QED) is 0.759. The standard InChI is InChI=1S/C10H16N4O2S/c1-9-13-10(8-14(9)2)17(15,16)12-7-5-3-4-6-11/h8,12H,3-5,7H2,1-2H3. The van der Waals surface area contributed by atoms with Crippen LogP contribution in [0, 0.1) is 18.3 Å². The van der Waals surface area contributed by atoms with Crippen molar-refractivity contribution < 1.29 is 8.42 Å². The molecule has 0 aromatic carbocycles. The van der Waals surface area contributed by atoms with Crippen molar-refractivity contribution in [3.05, 3.63) is 12.0 Å². The molecule has 1 aromatic heterocycles. The van der Waals surface area contributed by atoms with E-state index in [1.165, 1.54) is 6.20 Å². The maximum Gasteiger partial charge on any atom is 0.259 e. The first-order chi connectivity index (χ1) is 7.97. The predicted molar refractivity (Wildman–Crippen MR) is 62.6 cm³/mol. The maximum absolute atomic E-state index is 11.8. The average molecular weight is 256 g/mol. The molecule has 0 atom stereocenters. The van der Waals surface area contributed by atoms with Gasteiger partial charge in [-0.05, 0) is 19.8 Å². The summed E-state index contributed by atoms with van der Waals surface area (Å²) in [5.41, 5.74) is 0. The second-order valence-corrected chi connectivity index (χ2v) is 5.46. The zero-order valence-corrected chi connectivity index (χ0v) is 10.8. The van der Waals surface area contributed by atoms with Crippen LogP contribution in [0.4, 0.5) is 0 Å². The van der Waals surface area contributed by atoms with Gasteiger partial charge in [-0.2, -0.15) is 5.26 Å². The van der Waals surface area contributed by atoms with E-state index >= 15 is 0 Å². The third-order valence-electron chi connectivity index (χ3n) is 2.37. The summed E-state index contributed by atoms with van der Waals surface area (Å²) in [7, 11) is -1.77. The second kappa shape index (κ2) is 5.80. The fraction of sp³-hybridized carbons (Fsp3) is 0.600. The lowest BCUT2D eigenvalue weighted by Crippen LogP contribution is -2.25. The Hall–Kier alpha value is -1.39. The van der Waals surface area contributed by atoms with Crippen molar-refractivity contribution in [2.24, 2.45) is 7.05 Å². The van der Waals surface area contributed by atoms with Crippen molar-refractivity contribution in [1.29, 1.82) is 5.26 Å². The minimum atomic E-state index is -3.51. The summed E-state index contributed by atoms with van der Waals surface area (Å²) in [5.74, 6) is 0.648. The molecule has 1 rings (SSSR count). The van der Waals surface area contributed by atoms with E-state index in [4.69, 9.17) is 5.26 Å². The van der Waals surface area contributed by atoms with E-state index in [-0.39, 0.29) is 5.03 Å². The molecule has 0 saturated heterocycles. The number of unbranched alkanes of at least 4 members (excludes halogenated alkanes) is 2. The SMILES string of the molecule is Cc1nc(S(=O)(=O)NCCCCC#N)cn1C. The maximum atomic E-state index is 11.8. The van der Waals surface area contributed by atoms with E-state index in [1.54, 1.807) is 18.5 Å². The highest BCUT2D eigenvalue weighted by Gasteiger charge is 2.17. The van der Waals surface area contributed by atoms with Gasteiger partial charge in [0.2, 0.25) is 0 Å². The van der Waals surface area contributed by atoms with Crippen LogP contribution >= 0.6 is 0 Å². The average Bonchev–Trinajstić information content (AvgIpc) is 2.60. The number of aromatic nitrogens is 2. The van der Waals surface area contributed by atoms with E-state index in [0.717, 1.165) is 0 Å². The Kier molecular flexibility index (Phi) is 4.66. The van der Waals surface area contributed by atoms with Crippen LogP contribution in [-0.4, -0.2) is 24.5 Å².